The summed E-state index contributed by atoms with van der Waals surface area (Å²) in [7, 11) is 1.64. The van der Waals surface area contributed by atoms with E-state index in [0.717, 1.165) is 0 Å². The van der Waals surface area contributed by atoms with Crippen molar-refractivity contribution in [3.63, 3.8) is 0 Å². The lowest BCUT2D eigenvalue weighted by atomic mass is 10.3. The van der Waals surface area contributed by atoms with Crippen LogP contribution in [-0.2, 0) is 14.2 Å². The maximum atomic E-state index is 5.33. The first kappa shape index (κ1) is 5.65. The van der Waals surface area contributed by atoms with Crippen molar-refractivity contribution in [1.82, 2.24) is 0 Å². The molecule has 4 atom stereocenters. The summed E-state index contributed by atoms with van der Waals surface area (Å²) in [5.41, 5.74) is 0. The van der Waals surface area contributed by atoms with E-state index < -0.39 is 0 Å². The zero-order valence-electron chi connectivity index (χ0n) is 5.53. The van der Waals surface area contributed by atoms with Crippen LogP contribution in [0.1, 0.15) is 6.92 Å². The Morgan fingerprint density at radius 3 is 2.22 bits per heavy atom. The number of hydrogen-bond acceptors (Lipinski definition) is 3. The van der Waals surface area contributed by atoms with Crippen molar-refractivity contribution in [3.8, 4) is 0 Å². The van der Waals surface area contributed by atoms with E-state index in [9.17, 15) is 0 Å². The topological polar surface area (TPSA) is 31.0 Å². The van der Waals surface area contributed by atoms with Gasteiger partial charge < -0.3 is 14.2 Å². The van der Waals surface area contributed by atoms with E-state index >= 15 is 0 Å². The summed E-state index contributed by atoms with van der Waals surface area (Å²) in [6, 6.07) is 0. The minimum Gasteiger partial charge on any atom is -0.361 e. The van der Waals surface area contributed by atoms with Crippen molar-refractivity contribution < 1.29 is 14.2 Å². The molecule has 3 nitrogen and oxygen atoms in total. The van der Waals surface area contributed by atoms with Gasteiger partial charge in [-0.2, -0.15) is 0 Å². The second kappa shape index (κ2) is 1.68. The molecule has 0 bridgehead atoms. The van der Waals surface area contributed by atoms with E-state index in [2.05, 4.69) is 0 Å². The lowest BCUT2D eigenvalue weighted by molar-refractivity contribution is -0.154. The maximum Gasteiger partial charge on any atom is 0.186 e. The molecule has 9 heavy (non-hydrogen) atoms. The van der Waals surface area contributed by atoms with Gasteiger partial charge in [-0.1, -0.05) is 0 Å². The first-order valence-corrected chi connectivity index (χ1v) is 3.16. The molecule has 0 unspecified atom stereocenters. The number of fused-ring (bicyclic) bond motifs is 1. The quantitative estimate of drug-likeness (QED) is 0.473. The third-order valence-corrected chi connectivity index (χ3v) is 1.87. The molecule has 0 N–H and O–H groups in total. The van der Waals surface area contributed by atoms with Gasteiger partial charge in [0.1, 0.15) is 12.2 Å². The fraction of sp³-hybridized carbons (Fsp3) is 1.00. The highest BCUT2D eigenvalue weighted by molar-refractivity contribution is 4.98. The lowest BCUT2D eigenvalue weighted by Crippen LogP contribution is -2.18. The predicted octanol–water partition coefficient (Wildman–Crippen LogP) is 0.145. The minimum absolute atomic E-state index is 0.106. The normalized spacial score (nSPS) is 55.3. The SMILES string of the molecule is CO[C@H]1O[C@H](C)[C@H]2O[C@@H]12. The summed E-state index contributed by atoms with van der Waals surface area (Å²) in [4.78, 5) is 0. The van der Waals surface area contributed by atoms with E-state index in [1.165, 1.54) is 0 Å². The largest absolute Gasteiger partial charge is 0.361 e. The van der Waals surface area contributed by atoms with Crippen LogP contribution in [0.4, 0.5) is 0 Å². The molecule has 0 aromatic rings. The molecule has 0 aliphatic carbocycles. The van der Waals surface area contributed by atoms with Gasteiger partial charge in [0, 0.05) is 7.11 Å². The molecular formula is C6H10O3. The first-order chi connectivity index (χ1) is 4.33. The average Bonchev–Trinajstić information content (AvgIpc) is 2.56. The monoisotopic (exact) mass is 130 g/mol. The molecule has 2 aliphatic rings. The Balaban J connectivity index is 2.00. The summed E-state index contributed by atoms with van der Waals surface area (Å²) in [6.07, 6.45) is 0.657. The Hall–Kier alpha value is -0.120. The van der Waals surface area contributed by atoms with E-state index in [4.69, 9.17) is 14.2 Å². The highest BCUT2D eigenvalue weighted by atomic mass is 16.8. The Morgan fingerprint density at radius 2 is 2.00 bits per heavy atom. The molecule has 0 saturated carbocycles. The second-order valence-electron chi connectivity index (χ2n) is 2.51. The molecule has 2 fully saturated rings. The van der Waals surface area contributed by atoms with Gasteiger partial charge in [0.15, 0.2) is 6.29 Å². The molecule has 0 spiro atoms. The molecule has 0 aromatic carbocycles. The molecule has 2 saturated heterocycles. The third-order valence-electron chi connectivity index (χ3n) is 1.87. The summed E-state index contributed by atoms with van der Waals surface area (Å²) >= 11 is 0. The summed E-state index contributed by atoms with van der Waals surface area (Å²) in [5, 5.41) is 0. The Morgan fingerprint density at radius 1 is 1.22 bits per heavy atom. The maximum absolute atomic E-state index is 5.33. The predicted molar refractivity (Wildman–Crippen MR) is 30.0 cm³/mol. The molecule has 3 heteroatoms. The molecule has 0 amide bonds. The van der Waals surface area contributed by atoms with Gasteiger partial charge in [-0.3, -0.25) is 0 Å². The van der Waals surface area contributed by atoms with Gasteiger partial charge in [-0.25, -0.2) is 0 Å². The van der Waals surface area contributed by atoms with Crippen LogP contribution in [-0.4, -0.2) is 31.7 Å². The number of rotatable bonds is 1. The zero-order valence-corrected chi connectivity index (χ0v) is 5.53. The molecule has 2 aliphatic heterocycles. The van der Waals surface area contributed by atoms with Gasteiger partial charge in [-0.15, -0.1) is 0 Å². The van der Waals surface area contributed by atoms with Gasteiger partial charge >= 0.3 is 0 Å². The Bertz CT molecular complexity index is 125. The van der Waals surface area contributed by atoms with Crippen LogP contribution in [0.5, 0.6) is 0 Å². The van der Waals surface area contributed by atoms with Gasteiger partial charge in [-0.05, 0) is 6.92 Å². The number of methoxy groups -OCH3 is 1. The summed E-state index contributed by atoms with van der Waals surface area (Å²) in [6.45, 7) is 2.00. The van der Waals surface area contributed by atoms with Crippen molar-refractivity contribution in [3.05, 3.63) is 0 Å². The van der Waals surface area contributed by atoms with E-state index in [1.54, 1.807) is 7.11 Å². The number of ether oxygens (including phenoxy) is 3. The minimum atomic E-state index is -0.106. The highest BCUT2D eigenvalue weighted by Gasteiger charge is 2.56. The van der Waals surface area contributed by atoms with E-state index in [0.29, 0.717) is 6.10 Å². The molecule has 0 radical (unpaired) electrons. The van der Waals surface area contributed by atoms with Crippen molar-refractivity contribution in [2.75, 3.05) is 7.11 Å². The Labute approximate surface area is 53.9 Å². The fourth-order valence-corrected chi connectivity index (χ4v) is 1.29. The summed E-state index contributed by atoms with van der Waals surface area (Å²) in [5.74, 6) is 0. The first-order valence-electron chi connectivity index (χ1n) is 3.16. The fourth-order valence-electron chi connectivity index (χ4n) is 1.29. The van der Waals surface area contributed by atoms with Crippen molar-refractivity contribution >= 4 is 0 Å². The molecule has 52 valence electrons. The van der Waals surface area contributed by atoms with Crippen LogP contribution in [0, 0.1) is 0 Å². The van der Waals surface area contributed by atoms with Crippen LogP contribution in [0.2, 0.25) is 0 Å². The van der Waals surface area contributed by atoms with Gasteiger partial charge in [0.25, 0.3) is 0 Å². The van der Waals surface area contributed by atoms with Crippen molar-refractivity contribution in [2.24, 2.45) is 0 Å². The smallest absolute Gasteiger partial charge is 0.186 e. The third kappa shape index (κ3) is 0.689. The van der Waals surface area contributed by atoms with Crippen LogP contribution < -0.4 is 0 Å². The number of epoxide rings is 1. The van der Waals surface area contributed by atoms with E-state index in [-0.39, 0.29) is 18.5 Å². The van der Waals surface area contributed by atoms with Gasteiger partial charge in [0.05, 0.1) is 6.10 Å². The molecule has 0 aromatic heterocycles. The van der Waals surface area contributed by atoms with Crippen molar-refractivity contribution in [2.45, 2.75) is 31.5 Å². The highest BCUT2D eigenvalue weighted by Crippen LogP contribution is 2.38. The molecular weight excluding hydrogens is 120 g/mol. The van der Waals surface area contributed by atoms with Crippen molar-refractivity contribution in [1.29, 1.82) is 0 Å². The zero-order chi connectivity index (χ0) is 6.43. The van der Waals surface area contributed by atoms with Crippen LogP contribution in [0.25, 0.3) is 0 Å². The number of hydrogen-bond donors (Lipinski definition) is 0. The Kier molecular flexibility index (Phi) is 1.06. The van der Waals surface area contributed by atoms with Crippen LogP contribution in [0.15, 0.2) is 0 Å². The molecule has 2 rings (SSSR count). The average molecular weight is 130 g/mol. The lowest BCUT2D eigenvalue weighted by Gasteiger charge is -2.11. The molecule has 2 heterocycles. The summed E-state index contributed by atoms with van der Waals surface area (Å²) < 4.78 is 15.5. The second-order valence-corrected chi connectivity index (χ2v) is 2.51. The van der Waals surface area contributed by atoms with Gasteiger partial charge in [0.2, 0.25) is 0 Å². The van der Waals surface area contributed by atoms with E-state index in [1.807, 2.05) is 6.92 Å². The standard InChI is InChI=1S/C6H10O3/c1-3-4-5(9-4)6(7-2)8-3/h3-6H,1-2H3/t3-,4-,5-,6+/m1/s1. The van der Waals surface area contributed by atoms with Crippen LogP contribution in [0.3, 0.4) is 0 Å². The van der Waals surface area contributed by atoms with Crippen LogP contribution >= 0.6 is 0 Å².